The largest absolute Gasteiger partial charge is 0.283 e. The quantitative estimate of drug-likeness (QED) is 0.670. The number of nitrogens with zero attached hydrogens (tertiary/aromatic N) is 3. The van der Waals surface area contributed by atoms with Crippen molar-refractivity contribution < 1.29 is 0 Å². The van der Waals surface area contributed by atoms with Crippen molar-refractivity contribution in [3.63, 3.8) is 0 Å². The van der Waals surface area contributed by atoms with Crippen LogP contribution >= 0.6 is 0 Å². The summed E-state index contributed by atoms with van der Waals surface area (Å²) in [6, 6.07) is 3.76. The monoisotopic (exact) mass is 183 g/mol. The van der Waals surface area contributed by atoms with Crippen molar-refractivity contribution in [3.05, 3.63) is 12.7 Å². The van der Waals surface area contributed by atoms with Crippen LogP contribution in [0, 0.1) is 0 Å². The molecule has 0 amide bonds. The van der Waals surface area contributed by atoms with Crippen LogP contribution in [0.5, 0.6) is 0 Å². The van der Waals surface area contributed by atoms with Gasteiger partial charge in [0.1, 0.15) is 12.7 Å². The maximum atomic E-state index is 4.27. The fraction of sp³-hybridized carbons (Fsp3) is 0.750. The molecule has 0 N–H and O–H groups in total. The van der Waals surface area contributed by atoms with E-state index in [1.165, 1.54) is 18.1 Å². The van der Waals surface area contributed by atoms with E-state index in [0.717, 1.165) is 0 Å². The zero-order valence-electron chi connectivity index (χ0n) is 8.12. The molecule has 0 saturated heterocycles. The molecule has 0 spiro atoms. The molecular weight excluding hydrogens is 166 g/mol. The third kappa shape index (κ3) is 1.43. The first-order valence-corrected chi connectivity index (χ1v) is 7.21. The summed E-state index contributed by atoms with van der Waals surface area (Å²) in [5, 5.41) is 4.27. The fourth-order valence-corrected chi connectivity index (χ4v) is 4.77. The molecule has 0 unspecified atom stereocenters. The van der Waals surface area contributed by atoms with Gasteiger partial charge in [-0.05, 0) is 18.1 Å². The van der Waals surface area contributed by atoms with Crippen molar-refractivity contribution >= 4 is 8.24 Å². The van der Waals surface area contributed by atoms with E-state index in [1.807, 2.05) is 6.33 Å². The molecule has 0 aliphatic rings. The van der Waals surface area contributed by atoms with Gasteiger partial charge in [-0.15, -0.1) is 0 Å². The Labute approximate surface area is 74.9 Å². The molecule has 3 nitrogen and oxygen atoms in total. The highest BCUT2D eigenvalue weighted by Gasteiger charge is 2.30. The molecule has 4 heteroatoms. The van der Waals surface area contributed by atoms with Gasteiger partial charge < -0.3 is 0 Å². The van der Waals surface area contributed by atoms with Gasteiger partial charge in [-0.25, -0.2) is 4.98 Å². The second-order valence-electron chi connectivity index (χ2n) is 3.13. The van der Waals surface area contributed by atoms with E-state index in [9.17, 15) is 0 Å². The smallest absolute Gasteiger partial charge is 0.186 e. The number of hydrogen-bond donors (Lipinski definition) is 0. The van der Waals surface area contributed by atoms with Gasteiger partial charge in [-0.1, -0.05) is 20.8 Å². The lowest BCUT2D eigenvalue weighted by molar-refractivity contribution is 0.877. The topological polar surface area (TPSA) is 30.7 Å². The second kappa shape index (κ2) is 3.84. The Bertz CT molecular complexity index is 208. The maximum Gasteiger partial charge on any atom is 0.186 e. The molecule has 0 atom stereocenters. The molecule has 0 aliphatic carbocycles. The normalized spacial score (nSPS) is 11.9. The highest BCUT2D eigenvalue weighted by Crippen LogP contribution is 2.20. The van der Waals surface area contributed by atoms with Gasteiger partial charge in [0, 0.05) is 0 Å². The first-order valence-electron chi connectivity index (χ1n) is 4.64. The summed E-state index contributed by atoms with van der Waals surface area (Å²) in [5.41, 5.74) is 0. The summed E-state index contributed by atoms with van der Waals surface area (Å²) < 4.78 is 2.13. The van der Waals surface area contributed by atoms with Crippen LogP contribution in [0.15, 0.2) is 12.7 Å². The lowest BCUT2D eigenvalue weighted by Gasteiger charge is -2.26. The minimum absolute atomic E-state index is 1.25. The Morgan fingerprint density at radius 3 is 2.08 bits per heavy atom. The summed E-state index contributed by atoms with van der Waals surface area (Å²) in [5.74, 6) is 0. The average Bonchev–Trinajstić information content (AvgIpc) is 2.62. The molecule has 0 fully saturated rings. The van der Waals surface area contributed by atoms with Gasteiger partial charge in [0.05, 0.1) is 0 Å². The van der Waals surface area contributed by atoms with Gasteiger partial charge in [0.2, 0.25) is 0 Å². The van der Waals surface area contributed by atoms with Crippen molar-refractivity contribution in [1.29, 1.82) is 0 Å². The van der Waals surface area contributed by atoms with Crippen LogP contribution in [-0.2, 0) is 0 Å². The van der Waals surface area contributed by atoms with E-state index in [4.69, 9.17) is 0 Å². The van der Waals surface area contributed by atoms with Gasteiger partial charge in [0.15, 0.2) is 8.24 Å². The Morgan fingerprint density at radius 2 is 1.75 bits per heavy atom. The van der Waals surface area contributed by atoms with Gasteiger partial charge in [0.25, 0.3) is 0 Å². The highest BCUT2D eigenvalue weighted by atomic mass is 28.3. The molecule has 1 rings (SSSR count). The van der Waals surface area contributed by atoms with E-state index >= 15 is 0 Å². The van der Waals surface area contributed by atoms with E-state index < -0.39 is 8.24 Å². The van der Waals surface area contributed by atoms with Crippen molar-refractivity contribution in [2.45, 2.75) is 38.9 Å². The molecule has 1 aromatic rings. The van der Waals surface area contributed by atoms with E-state index in [1.54, 1.807) is 6.33 Å². The molecule has 12 heavy (non-hydrogen) atoms. The van der Waals surface area contributed by atoms with Crippen LogP contribution in [0.1, 0.15) is 20.8 Å². The number of hydrogen-bond acceptors (Lipinski definition) is 2. The first kappa shape index (κ1) is 9.44. The predicted molar refractivity (Wildman–Crippen MR) is 52.6 cm³/mol. The molecular formula is C8H17N3Si. The molecule has 0 saturated carbocycles. The zero-order chi connectivity index (χ0) is 9.03. The van der Waals surface area contributed by atoms with Gasteiger partial charge in [-0.3, -0.25) is 4.35 Å². The number of rotatable bonds is 4. The molecule has 0 bridgehead atoms. The predicted octanol–water partition coefficient (Wildman–Crippen LogP) is 2.13. The zero-order valence-corrected chi connectivity index (χ0v) is 9.12. The van der Waals surface area contributed by atoms with Crippen molar-refractivity contribution in [1.82, 2.24) is 14.4 Å². The average molecular weight is 183 g/mol. The lowest BCUT2D eigenvalue weighted by atomic mass is 10.9. The maximum absolute atomic E-state index is 4.27. The summed E-state index contributed by atoms with van der Waals surface area (Å²) >= 11 is 0. The standard InChI is InChI=1S/C8H17N3Si/c1-4-12(5-2,6-3)11-8-9-7-10-11/h7-8H,4-6H2,1-3H3. The Hall–Kier alpha value is -0.643. The highest BCUT2D eigenvalue weighted by molar-refractivity contribution is 6.77. The third-order valence-electron chi connectivity index (χ3n) is 2.88. The van der Waals surface area contributed by atoms with Crippen molar-refractivity contribution in [2.75, 3.05) is 0 Å². The van der Waals surface area contributed by atoms with Crippen LogP contribution < -0.4 is 0 Å². The third-order valence-corrected chi connectivity index (χ3v) is 8.03. The SMILES string of the molecule is CC[Si](CC)(CC)n1cncn1. The Balaban J connectivity index is 2.93. The van der Waals surface area contributed by atoms with Crippen molar-refractivity contribution in [2.24, 2.45) is 0 Å². The summed E-state index contributed by atoms with van der Waals surface area (Å²) in [7, 11) is -1.30. The van der Waals surface area contributed by atoms with E-state index in [-0.39, 0.29) is 0 Å². The van der Waals surface area contributed by atoms with Crippen LogP contribution in [0.3, 0.4) is 0 Å². The van der Waals surface area contributed by atoms with Crippen LogP contribution in [0.25, 0.3) is 0 Å². The fourth-order valence-electron chi connectivity index (χ4n) is 1.69. The Morgan fingerprint density at radius 1 is 1.17 bits per heavy atom. The van der Waals surface area contributed by atoms with Crippen LogP contribution in [-0.4, -0.2) is 22.7 Å². The van der Waals surface area contributed by atoms with Crippen LogP contribution in [0.2, 0.25) is 18.1 Å². The minimum Gasteiger partial charge on any atom is -0.283 e. The van der Waals surface area contributed by atoms with Crippen LogP contribution in [0.4, 0.5) is 0 Å². The molecule has 1 aromatic heterocycles. The molecule has 0 radical (unpaired) electrons. The lowest BCUT2D eigenvalue weighted by Crippen LogP contribution is -2.41. The van der Waals surface area contributed by atoms with Gasteiger partial charge in [-0.2, -0.15) is 5.10 Å². The first-order chi connectivity index (χ1) is 5.79. The second-order valence-corrected chi connectivity index (χ2v) is 8.15. The summed E-state index contributed by atoms with van der Waals surface area (Å²) in [6.45, 7) is 6.79. The van der Waals surface area contributed by atoms with E-state index in [2.05, 4.69) is 35.2 Å². The van der Waals surface area contributed by atoms with Gasteiger partial charge >= 0.3 is 0 Å². The molecule has 0 aliphatic heterocycles. The van der Waals surface area contributed by atoms with Crippen molar-refractivity contribution in [3.8, 4) is 0 Å². The molecule has 1 heterocycles. The molecule has 0 aromatic carbocycles. The van der Waals surface area contributed by atoms with E-state index in [0.29, 0.717) is 0 Å². The summed E-state index contributed by atoms with van der Waals surface area (Å²) in [4.78, 5) is 4.02. The Kier molecular flexibility index (Phi) is 3.03. The minimum atomic E-state index is -1.30. The number of aromatic nitrogens is 3. The molecule has 68 valence electrons. The summed E-state index contributed by atoms with van der Waals surface area (Å²) in [6.07, 6.45) is 3.52.